The number of nitrogens with one attached hydrogen (secondary N) is 1. The molecule has 1 saturated heterocycles. The van der Waals surface area contributed by atoms with E-state index in [1.165, 1.54) is 0 Å². The Balaban J connectivity index is 1.81. The van der Waals surface area contributed by atoms with Crippen LogP contribution in [-0.4, -0.2) is 32.4 Å². The lowest BCUT2D eigenvalue weighted by atomic mass is 10.2. The highest BCUT2D eigenvalue weighted by molar-refractivity contribution is 9.11. The molecule has 1 heterocycles. The SMILES string of the molecule is CNCC1CCC(COc2ccc(Br)cc2Br)O1. The summed E-state index contributed by atoms with van der Waals surface area (Å²) in [5.74, 6) is 0.860. The summed E-state index contributed by atoms with van der Waals surface area (Å²) in [5.41, 5.74) is 0. The Morgan fingerprint density at radius 3 is 2.83 bits per heavy atom. The van der Waals surface area contributed by atoms with Crippen molar-refractivity contribution in [1.29, 1.82) is 0 Å². The van der Waals surface area contributed by atoms with Gasteiger partial charge in [-0.15, -0.1) is 0 Å². The van der Waals surface area contributed by atoms with Crippen molar-refractivity contribution >= 4 is 31.9 Å². The zero-order valence-electron chi connectivity index (χ0n) is 10.3. The summed E-state index contributed by atoms with van der Waals surface area (Å²) >= 11 is 6.91. The van der Waals surface area contributed by atoms with Crippen molar-refractivity contribution in [3.63, 3.8) is 0 Å². The van der Waals surface area contributed by atoms with Gasteiger partial charge in [-0.2, -0.15) is 0 Å². The standard InChI is InChI=1S/C13H17Br2NO2/c1-16-7-10-3-4-11(18-10)8-17-13-5-2-9(14)6-12(13)15/h2,5-6,10-11,16H,3-4,7-8H2,1H3. The Morgan fingerprint density at radius 2 is 2.11 bits per heavy atom. The molecule has 1 aliphatic heterocycles. The molecule has 1 aromatic carbocycles. The van der Waals surface area contributed by atoms with Crippen molar-refractivity contribution in [2.24, 2.45) is 0 Å². The number of benzene rings is 1. The van der Waals surface area contributed by atoms with Crippen LogP contribution in [0, 0.1) is 0 Å². The van der Waals surface area contributed by atoms with Crippen LogP contribution in [0.15, 0.2) is 27.1 Å². The second kappa shape index (κ2) is 6.89. The first kappa shape index (κ1) is 14.3. The summed E-state index contributed by atoms with van der Waals surface area (Å²) in [6, 6.07) is 5.91. The van der Waals surface area contributed by atoms with E-state index in [1.807, 2.05) is 25.2 Å². The summed E-state index contributed by atoms with van der Waals surface area (Å²) in [6.07, 6.45) is 2.72. The molecule has 2 rings (SSSR count). The van der Waals surface area contributed by atoms with Crippen LogP contribution in [0.5, 0.6) is 5.75 Å². The van der Waals surface area contributed by atoms with Crippen LogP contribution in [0.25, 0.3) is 0 Å². The first-order valence-corrected chi connectivity index (χ1v) is 7.65. The van der Waals surface area contributed by atoms with E-state index >= 15 is 0 Å². The molecule has 1 aliphatic rings. The minimum atomic E-state index is 0.207. The van der Waals surface area contributed by atoms with E-state index in [1.54, 1.807) is 0 Å². The highest BCUT2D eigenvalue weighted by atomic mass is 79.9. The van der Waals surface area contributed by atoms with E-state index in [9.17, 15) is 0 Å². The summed E-state index contributed by atoms with van der Waals surface area (Å²) in [7, 11) is 1.95. The number of ether oxygens (including phenoxy) is 2. The Kier molecular flexibility index (Phi) is 5.48. The van der Waals surface area contributed by atoms with Gasteiger partial charge in [0, 0.05) is 11.0 Å². The fourth-order valence-corrected chi connectivity index (χ4v) is 3.22. The Morgan fingerprint density at radius 1 is 1.33 bits per heavy atom. The molecule has 0 spiro atoms. The third-order valence-electron chi connectivity index (χ3n) is 2.95. The maximum atomic E-state index is 5.88. The Bertz CT molecular complexity index is 401. The summed E-state index contributed by atoms with van der Waals surface area (Å²) in [4.78, 5) is 0. The molecule has 2 unspecified atom stereocenters. The smallest absolute Gasteiger partial charge is 0.133 e. The fraction of sp³-hybridized carbons (Fsp3) is 0.538. The topological polar surface area (TPSA) is 30.5 Å². The van der Waals surface area contributed by atoms with E-state index in [0.29, 0.717) is 12.7 Å². The molecule has 1 aromatic rings. The van der Waals surface area contributed by atoms with Crippen LogP contribution in [0.4, 0.5) is 0 Å². The average Bonchev–Trinajstić information content (AvgIpc) is 2.76. The third kappa shape index (κ3) is 3.95. The van der Waals surface area contributed by atoms with Gasteiger partial charge in [0.15, 0.2) is 0 Å². The average molecular weight is 379 g/mol. The lowest BCUT2D eigenvalue weighted by Gasteiger charge is -2.15. The monoisotopic (exact) mass is 377 g/mol. The molecule has 0 saturated carbocycles. The molecule has 3 nitrogen and oxygen atoms in total. The van der Waals surface area contributed by atoms with Crippen molar-refractivity contribution in [2.45, 2.75) is 25.0 Å². The van der Waals surface area contributed by atoms with Gasteiger partial charge in [0.25, 0.3) is 0 Å². The molecule has 5 heteroatoms. The van der Waals surface area contributed by atoms with Crippen LogP contribution >= 0.6 is 31.9 Å². The molecule has 0 aromatic heterocycles. The predicted molar refractivity (Wildman–Crippen MR) is 79.2 cm³/mol. The third-order valence-corrected chi connectivity index (χ3v) is 4.06. The Hall–Kier alpha value is -0.100. The quantitative estimate of drug-likeness (QED) is 0.852. The zero-order chi connectivity index (χ0) is 13.0. The molecule has 0 radical (unpaired) electrons. The molecule has 1 fully saturated rings. The number of likely N-dealkylation sites (N-methyl/N-ethyl adjacent to an activating group) is 1. The van der Waals surface area contributed by atoms with E-state index in [0.717, 1.165) is 34.1 Å². The van der Waals surface area contributed by atoms with Crippen molar-refractivity contribution in [3.8, 4) is 5.75 Å². The van der Waals surface area contributed by atoms with Gasteiger partial charge < -0.3 is 14.8 Å². The lowest BCUT2D eigenvalue weighted by molar-refractivity contribution is 0.0192. The Labute approximate surface area is 124 Å². The second-order valence-electron chi connectivity index (χ2n) is 4.40. The minimum Gasteiger partial charge on any atom is -0.490 e. The van der Waals surface area contributed by atoms with Crippen molar-refractivity contribution < 1.29 is 9.47 Å². The van der Waals surface area contributed by atoms with E-state index in [4.69, 9.17) is 9.47 Å². The van der Waals surface area contributed by atoms with Crippen LogP contribution in [0.2, 0.25) is 0 Å². The molecule has 100 valence electrons. The van der Waals surface area contributed by atoms with E-state index < -0.39 is 0 Å². The summed E-state index contributed by atoms with van der Waals surface area (Å²) < 4.78 is 13.7. The van der Waals surface area contributed by atoms with Gasteiger partial charge in [-0.3, -0.25) is 0 Å². The van der Waals surface area contributed by atoms with Gasteiger partial charge >= 0.3 is 0 Å². The molecule has 0 aliphatic carbocycles. The molecule has 18 heavy (non-hydrogen) atoms. The van der Waals surface area contributed by atoms with Gasteiger partial charge in [0.2, 0.25) is 0 Å². The fourth-order valence-electron chi connectivity index (χ4n) is 2.06. The van der Waals surface area contributed by atoms with Crippen molar-refractivity contribution in [1.82, 2.24) is 5.32 Å². The zero-order valence-corrected chi connectivity index (χ0v) is 13.5. The summed E-state index contributed by atoms with van der Waals surface area (Å²) in [5, 5.41) is 3.14. The van der Waals surface area contributed by atoms with Gasteiger partial charge in [-0.1, -0.05) is 15.9 Å². The van der Waals surface area contributed by atoms with Gasteiger partial charge in [-0.05, 0) is 54.0 Å². The molecular weight excluding hydrogens is 362 g/mol. The maximum absolute atomic E-state index is 5.88. The van der Waals surface area contributed by atoms with Crippen LogP contribution in [0.3, 0.4) is 0 Å². The van der Waals surface area contributed by atoms with Crippen LogP contribution in [0.1, 0.15) is 12.8 Å². The molecule has 0 bridgehead atoms. The minimum absolute atomic E-state index is 0.207. The van der Waals surface area contributed by atoms with E-state index in [-0.39, 0.29) is 6.10 Å². The molecule has 0 amide bonds. The number of hydrogen-bond acceptors (Lipinski definition) is 3. The van der Waals surface area contributed by atoms with E-state index in [2.05, 4.69) is 37.2 Å². The van der Waals surface area contributed by atoms with Crippen LogP contribution < -0.4 is 10.1 Å². The summed E-state index contributed by atoms with van der Waals surface area (Å²) in [6.45, 7) is 1.53. The largest absolute Gasteiger partial charge is 0.490 e. The predicted octanol–water partition coefficient (Wildman–Crippen LogP) is 3.36. The van der Waals surface area contributed by atoms with Crippen molar-refractivity contribution in [2.75, 3.05) is 20.2 Å². The van der Waals surface area contributed by atoms with Gasteiger partial charge in [0.05, 0.1) is 16.7 Å². The first-order valence-electron chi connectivity index (χ1n) is 6.07. The molecule has 2 atom stereocenters. The normalized spacial score (nSPS) is 23.3. The molecule has 1 N–H and O–H groups in total. The highest BCUT2D eigenvalue weighted by Crippen LogP contribution is 2.29. The maximum Gasteiger partial charge on any atom is 0.133 e. The number of rotatable bonds is 5. The first-order chi connectivity index (χ1) is 8.69. The van der Waals surface area contributed by atoms with Crippen molar-refractivity contribution in [3.05, 3.63) is 27.1 Å². The second-order valence-corrected chi connectivity index (χ2v) is 6.17. The highest BCUT2D eigenvalue weighted by Gasteiger charge is 2.25. The number of halogens is 2. The lowest BCUT2D eigenvalue weighted by Crippen LogP contribution is -2.25. The number of hydrogen-bond donors (Lipinski definition) is 1. The molecular formula is C13H17Br2NO2. The van der Waals surface area contributed by atoms with Gasteiger partial charge in [0.1, 0.15) is 12.4 Å². The van der Waals surface area contributed by atoms with Crippen LogP contribution in [-0.2, 0) is 4.74 Å². The van der Waals surface area contributed by atoms with Gasteiger partial charge in [-0.25, -0.2) is 0 Å².